The van der Waals surface area contributed by atoms with Crippen molar-refractivity contribution in [3.63, 3.8) is 0 Å². The number of rotatable bonds is 5. The molecule has 0 saturated heterocycles. The third kappa shape index (κ3) is 5.30. The van der Waals surface area contributed by atoms with Crippen molar-refractivity contribution in [1.29, 1.82) is 0 Å². The molecule has 1 aromatic rings. The summed E-state index contributed by atoms with van der Waals surface area (Å²) in [5.41, 5.74) is 12.4. The van der Waals surface area contributed by atoms with Crippen LogP contribution in [0.25, 0.3) is 0 Å². The number of nitrogens with zero attached hydrogens (tertiary/aromatic N) is 1. The van der Waals surface area contributed by atoms with Crippen LogP contribution >= 0.6 is 0 Å². The van der Waals surface area contributed by atoms with Gasteiger partial charge in [-0.3, -0.25) is 9.79 Å². The molecule has 5 heteroatoms. The van der Waals surface area contributed by atoms with E-state index < -0.39 is 0 Å². The van der Waals surface area contributed by atoms with Crippen LogP contribution in [-0.4, -0.2) is 25.0 Å². The van der Waals surface area contributed by atoms with E-state index in [0.29, 0.717) is 25.1 Å². The second kappa shape index (κ2) is 6.93. The Kier molecular flexibility index (Phi) is 5.55. The maximum Gasteiger partial charge on any atom is 0.251 e. The monoisotopic (exact) mass is 276 g/mol. The average Bonchev–Trinajstić information content (AvgIpc) is 2.37. The molecule has 0 radical (unpaired) electrons. The molecule has 0 aliphatic carbocycles. The Morgan fingerprint density at radius 3 is 2.30 bits per heavy atom. The Labute approximate surface area is 120 Å². The van der Waals surface area contributed by atoms with Crippen molar-refractivity contribution in [2.45, 2.75) is 32.6 Å². The van der Waals surface area contributed by atoms with Crippen LogP contribution in [-0.2, 0) is 5.41 Å². The van der Waals surface area contributed by atoms with Crippen molar-refractivity contribution < 1.29 is 4.79 Å². The van der Waals surface area contributed by atoms with Gasteiger partial charge < -0.3 is 16.8 Å². The molecule has 1 amide bonds. The van der Waals surface area contributed by atoms with E-state index in [2.05, 4.69) is 31.1 Å². The van der Waals surface area contributed by atoms with Crippen LogP contribution in [0.4, 0.5) is 0 Å². The fraction of sp³-hybridized carbons (Fsp3) is 0.467. The molecule has 0 aliphatic rings. The van der Waals surface area contributed by atoms with Crippen molar-refractivity contribution in [1.82, 2.24) is 5.32 Å². The zero-order chi connectivity index (χ0) is 15.2. The lowest BCUT2D eigenvalue weighted by atomic mass is 9.87. The average molecular weight is 276 g/mol. The topological polar surface area (TPSA) is 93.5 Å². The molecular formula is C15H24N4O. The van der Waals surface area contributed by atoms with Gasteiger partial charge in [-0.25, -0.2) is 0 Å². The molecule has 0 atom stereocenters. The van der Waals surface area contributed by atoms with Crippen LogP contribution in [0.3, 0.4) is 0 Å². The number of hydrogen-bond acceptors (Lipinski definition) is 2. The third-order valence-corrected chi connectivity index (χ3v) is 2.93. The number of guanidine groups is 1. The van der Waals surface area contributed by atoms with E-state index in [0.717, 1.165) is 0 Å². The van der Waals surface area contributed by atoms with Crippen LogP contribution in [0.5, 0.6) is 0 Å². The van der Waals surface area contributed by atoms with Crippen LogP contribution < -0.4 is 16.8 Å². The van der Waals surface area contributed by atoms with Gasteiger partial charge in [0.1, 0.15) is 0 Å². The lowest BCUT2D eigenvalue weighted by Gasteiger charge is -2.19. The molecule has 0 bridgehead atoms. The van der Waals surface area contributed by atoms with E-state index in [1.165, 1.54) is 5.56 Å². The highest BCUT2D eigenvalue weighted by Gasteiger charge is 2.14. The summed E-state index contributed by atoms with van der Waals surface area (Å²) in [7, 11) is 0. The number of amides is 1. The number of carbonyl (C=O) groups excluding carboxylic acids is 1. The highest BCUT2D eigenvalue weighted by atomic mass is 16.1. The van der Waals surface area contributed by atoms with Gasteiger partial charge in [0.25, 0.3) is 5.91 Å². The first-order chi connectivity index (χ1) is 9.30. The normalized spacial score (nSPS) is 10.9. The highest BCUT2D eigenvalue weighted by molar-refractivity contribution is 5.94. The molecule has 0 unspecified atom stereocenters. The Morgan fingerprint density at radius 1 is 1.20 bits per heavy atom. The van der Waals surface area contributed by atoms with Crippen LogP contribution in [0.2, 0.25) is 0 Å². The quantitative estimate of drug-likeness (QED) is 0.431. The number of aliphatic imine (C=N–C) groups is 1. The van der Waals surface area contributed by atoms with E-state index in [4.69, 9.17) is 11.5 Å². The van der Waals surface area contributed by atoms with E-state index >= 15 is 0 Å². The molecule has 0 saturated carbocycles. The molecule has 0 aliphatic heterocycles. The summed E-state index contributed by atoms with van der Waals surface area (Å²) in [5, 5.41) is 2.84. The molecule has 110 valence electrons. The van der Waals surface area contributed by atoms with Gasteiger partial charge in [0.05, 0.1) is 0 Å². The Balaban J connectivity index is 2.46. The Hall–Kier alpha value is -2.04. The number of carbonyl (C=O) groups is 1. The van der Waals surface area contributed by atoms with Crippen molar-refractivity contribution in [2.75, 3.05) is 13.1 Å². The fourth-order valence-electron chi connectivity index (χ4n) is 1.71. The van der Waals surface area contributed by atoms with Crippen LogP contribution in [0.1, 0.15) is 43.1 Å². The van der Waals surface area contributed by atoms with Gasteiger partial charge in [-0.2, -0.15) is 0 Å². The molecule has 0 fully saturated rings. The number of nitrogens with two attached hydrogens (primary N) is 2. The van der Waals surface area contributed by atoms with Crippen molar-refractivity contribution in [3.05, 3.63) is 35.4 Å². The van der Waals surface area contributed by atoms with Gasteiger partial charge in [0.15, 0.2) is 5.96 Å². The van der Waals surface area contributed by atoms with E-state index in [1.54, 1.807) is 0 Å². The minimum absolute atomic E-state index is 0.0739. The maximum atomic E-state index is 11.9. The molecule has 0 heterocycles. The SMILES string of the molecule is CC(C)(C)c1ccc(C(=O)NCCCN=C(N)N)cc1. The summed E-state index contributed by atoms with van der Waals surface area (Å²) < 4.78 is 0. The summed E-state index contributed by atoms with van der Waals surface area (Å²) in [4.78, 5) is 15.8. The maximum absolute atomic E-state index is 11.9. The molecule has 0 spiro atoms. The van der Waals surface area contributed by atoms with Gasteiger partial charge in [-0.1, -0.05) is 32.9 Å². The smallest absolute Gasteiger partial charge is 0.251 e. The summed E-state index contributed by atoms with van der Waals surface area (Å²) in [6.45, 7) is 7.51. The van der Waals surface area contributed by atoms with E-state index in [9.17, 15) is 4.79 Å². The van der Waals surface area contributed by atoms with Crippen LogP contribution in [0, 0.1) is 0 Å². The number of hydrogen-bond donors (Lipinski definition) is 3. The zero-order valence-electron chi connectivity index (χ0n) is 12.4. The largest absolute Gasteiger partial charge is 0.370 e. The van der Waals surface area contributed by atoms with Gasteiger partial charge in [0, 0.05) is 18.7 Å². The third-order valence-electron chi connectivity index (χ3n) is 2.93. The lowest BCUT2D eigenvalue weighted by Crippen LogP contribution is -2.26. The fourth-order valence-corrected chi connectivity index (χ4v) is 1.71. The van der Waals surface area contributed by atoms with Crippen molar-refractivity contribution in [2.24, 2.45) is 16.5 Å². The summed E-state index contributed by atoms with van der Waals surface area (Å²) in [6.07, 6.45) is 0.712. The minimum Gasteiger partial charge on any atom is -0.370 e. The predicted molar refractivity (Wildman–Crippen MR) is 82.8 cm³/mol. The Bertz CT molecular complexity index is 468. The predicted octanol–water partition coefficient (Wildman–Crippen LogP) is 1.38. The minimum atomic E-state index is -0.0739. The first kappa shape index (κ1) is 16.0. The van der Waals surface area contributed by atoms with Gasteiger partial charge in [0.2, 0.25) is 0 Å². The molecule has 5 nitrogen and oxygen atoms in total. The van der Waals surface area contributed by atoms with Crippen molar-refractivity contribution in [3.8, 4) is 0 Å². The van der Waals surface area contributed by atoms with Crippen molar-refractivity contribution >= 4 is 11.9 Å². The molecule has 20 heavy (non-hydrogen) atoms. The van der Waals surface area contributed by atoms with Gasteiger partial charge in [-0.05, 0) is 29.5 Å². The second-order valence-electron chi connectivity index (χ2n) is 5.74. The number of nitrogens with one attached hydrogen (secondary N) is 1. The standard InChI is InChI=1S/C15H24N4O/c1-15(2,3)12-7-5-11(6-8-12)13(20)18-9-4-10-19-14(16)17/h5-8H,4,9-10H2,1-3H3,(H,18,20)(H4,16,17,19). The number of benzene rings is 1. The van der Waals surface area contributed by atoms with Crippen LogP contribution in [0.15, 0.2) is 29.3 Å². The van der Waals surface area contributed by atoms with E-state index in [-0.39, 0.29) is 17.3 Å². The first-order valence-corrected chi connectivity index (χ1v) is 6.75. The summed E-state index contributed by atoms with van der Waals surface area (Å²) >= 11 is 0. The molecule has 5 N–H and O–H groups in total. The summed E-state index contributed by atoms with van der Waals surface area (Å²) in [5.74, 6) is 0.00394. The molecule has 0 aromatic heterocycles. The molecular weight excluding hydrogens is 252 g/mol. The zero-order valence-corrected chi connectivity index (χ0v) is 12.4. The van der Waals surface area contributed by atoms with Gasteiger partial charge >= 0.3 is 0 Å². The second-order valence-corrected chi connectivity index (χ2v) is 5.74. The van der Waals surface area contributed by atoms with E-state index in [1.807, 2.05) is 24.3 Å². The summed E-state index contributed by atoms with van der Waals surface area (Å²) in [6, 6.07) is 7.69. The lowest BCUT2D eigenvalue weighted by molar-refractivity contribution is 0.0953. The van der Waals surface area contributed by atoms with Gasteiger partial charge in [-0.15, -0.1) is 0 Å². The first-order valence-electron chi connectivity index (χ1n) is 6.75. The Morgan fingerprint density at radius 2 is 1.80 bits per heavy atom. The molecule has 1 aromatic carbocycles. The molecule has 1 rings (SSSR count). The highest BCUT2D eigenvalue weighted by Crippen LogP contribution is 2.22.